The Morgan fingerprint density at radius 3 is 2.55 bits per heavy atom. The van der Waals surface area contributed by atoms with Crippen LogP contribution in [0.1, 0.15) is 27.6 Å². The summed E-state index contributed by atoms with van der Waals surface area (Å²) in [6, 6.07) is 0.517. The molecule has 0 radical (unpaired) electrons. The van der Waals surface area contributed by atoms with Gasteiger partial charge in [-0.1, -0.05) is 0 Å². The highest BCUT2D eigenvalue weighted by Crippen LogP contribution is 2.39. The van der Waals surface area contributed by atoms with Crippen molar-refractivity contribution in [3.63, 3.8) is 0 Å². The Bertz CT molecular complexity index is 1390. The number of nitrogen functional groups attached to an aromatic ring is 1. The number of esters is 1. The summed E-state index contributed by atoms with van der Waals surface area (Å²) in [5.41, 5.74) is 4.41. The van der Waals surface area contributed by atoms with Crippen molar-refractivity contribution in [2.45, 2.75) is 6.92 Å². The summed E-state index contributed by atoms with van der Waals surface area (Å²) in [5, 5.41) is 2.93. The quantitative estimate of drug-likeness (QED) is 0.0799. The normalized spacial score (nSPS) is 14.1. The number of carbonyl (C=O) groups excluding carboxylic acids is 2. The van der Waals surface area contributed by atoms with Gasteiger partial charge in [-0.2, -0.15) is 4.39 Å². The van der Waals surface area contributed by atoms with Crippen LogP contribution in [-0.4, -0.2) is 73.1 Å². The minimum Gasteiger partial charge on any atom is -0.419 e. The number of aromatic amines is 1. The van der Waals surface area contributed by atoms with Gasteiger partial charge in [0, 0.05) is 26.2 Å². The van der Waals surface area contributed by atoms with Gasteiger partial charge in [0.15, 0.2) is 29.0 Å². The summed E-state index contributed by atoms with van der Waals surface area (Å²) < 4.78 is 68.5. The number of anilines is 3. The number of H-pyrrole nitrogens is 1. The molecule has 0 spiro atoms. The van der Waals surface area contributed by atoms with Crippen molar-refractivity contribution in [3.05, 3.63) is 40.5 Å². The van der Waals surface area contributed by atoms with E-state index in [1.165, 1.54) is 0 Å². The van der Waals surface area contributed by atoms with Crippen LogP contribution in [0.5, 0.6) is 5.75 Å². The van der Waals surface area contributed by atoms with Crippen LogP contribution in [0, 0.1) is 23.3 Å². The largest absolute Gasteiger partial charge is 0.419 e. The molecule has 0 aliphatic carbocycles. The number of carbonyl (C=O) groups is 2. The first-order chi connectivity index (χ1) is 18.1. The third kappa shape index (κ3) is 5.20. The monoisotopic (exact) mass is 540 g/mol. The molecule has 204 valence electrons. The van der Waals surface area contributed by atoms with E-state index in [-0.39, 0.29) is 11.5 Å². The fourth-order valence-electron chi connectivity index (χ4n) is 3.98. The molecule has 0 saturated carbocycles. The number of fused-ring (bicyclic) bond motifs is 1. The molecular formula is C23H24F4N6O5. The maximum atomic E-state index is 14.8. The predicted octanol–water partition coefficient (Wildman–Crippen LogP) is 2.84. The molecule has 0 bridgehead atoms. The van der Waals surface area contributed by atoms with Gasteiger partial charge in [-0.15, -0.1) is 0 Å². The topological polar surface area (TPSA) is 144 Å². The molecule has 2 aromatic carbocycles. The van der Waals surface area contributed by atoms with Gasteiger partial charge < -0.3 is 25.5 Å². The molecule has 0 atom stereocenters. The smallest absolute Gasteiger partial charge is 0.345 e. The Morgan fingerprint density at radius 1 is 1.18 bits per heavy atom. The number of aromatic nitrogens is 2. The summed E-state index contributed by atoms with van der Waals surface area (Å²) in [5.74, 6) is -9.50. The van der Waals surface area contributed by atoms with Crippen LogP contribution < -0.4 is 21.3 Å². The summed E-state index contributed by atoms with van der Waals surface area (Å²) in [6.07, 6.45) is 0. The number of nitrogens with one attached hydrogen (secondary N) is 3. The molecule has 1 aliphatic rings. The molecule has 11 nitrogen and oxygen atoms in total. The second kappa shape index (κ2) is 11.2. The first-order valence-corrected chi connectivity index (χ1v) is 11.4. The molecule has 2 heterocycles. The van der Waals surface area contributed by atoms with E-state index in [4.69, 9.17) is 15.2 Å². The Labute approximate surface area is 213 Å². The van der Waals surface area contributed by atoms with Crippen LogP contribution in [0.4, 0.5) is 34.9 Å². The Hall–Kier alpha value is -3.95. The van der Waals surface area contributed by atoms with Crippen molar-refractivity contribution >= 4 is 40.1 Å². The van der Waals surface area contributed by atoms with E-state index in [9.17, 15) is 27.2 Å². The van der Waals surface area contributed by atoms with Crippen molar-refractivity contribution < 1.29 is 41.5 Å². The fraction of sp³-hybridized carbons (Fsp3) is 0.348. The molecule has 38 heavy (non-hydrogen) atoms. The average molecular weight is 540 g/mol. The SMILES string of the molecule is CONc1c(N)c(F)c(F)c(OC(=O)c2cc(F)c(F)c3nc(NCCN4CCOCC4)[nH]c23)c1C(C)=O. The lowest BCUT2D eigenvalue weighted by atomic mass is 10.1. The maximum absolute atomic E-state index is 14.8. The third-order valence-electron chi connectivity index (χ3n) is 5.83. The number of halogens is 4. The van der Waals surface area contributed by atoms with Crippen molar-refractivity contribution in [2.75, 3.05) is 63.0 Å². The van der Waals surface area contributed by atoms with Crippen molar-refractivity contribution in [1.29, 1.82) is 0 Å². The number of Topliss-reactive ketones (excluding diaryl/α,β-unsaturated/α-hetero) is 1. The summed E-state index contributed by atoms with van der Waals surface area (Å²) >= 11 is 0. The van der Waals surface area contributed by atoms with Gasteiger partial charge in [-0.05, 0) is 13.0 Å². The first-order valence-electron chi connectivity index (χ1n) is 11.4. The molecule has 15 heteroatoms. The minimum absolute atomic E-state index is 0.0347. The lowest BCUT2D eigenvalue weighted by molar-refractivity contribution is 0.0398. The number of ether oxygens (including phenoxy) is 2. The summed E-state index contributed by atoms with van der Waals surface area (Å²) in [7, 11) is 1.12. The van der Waals surface area contributed by atoms with E-state index >= 15 is 0 Å². The number of nitrogens with two attached hydrogens (primary N) is 1. The van der Waals surface area contributed by atoms with E-state index in [2.05, 4.69) is 30.5 Å². The highest BCUT2D eigenvalue weighted by atomic mass is 19.2. The van der Waals surface area contributed by atoms with E-state index in [1.54, 1.807) is 0 Å². The minimum atomic E-state index is -1.74. The lowest BCUT2D eigenvalue weighted by Gasteiger charge is -2.26. The number of nitrogens with zero attached hydrogens (tertiary/aromatic N) is 2. The third-order valence-corrected chi connectivity index (χ3v) is 5.83. The van der Waals surface area contributed by atoms with Crippen molar-refractivity contribution in [3.8, 4) is 5.75 Å². The highest BCUT2D eigenvalue weighted by Gasteiger charge is 2.30. The Kier molecular flexibility index (Phi) is 7.99. The number of ketones is 1. The van der Waals surface area contributed by atoms with Crippen LogP contribution in [-0.2, 0) is 9.57 Å². The van der Waals surface area contributed by atoms with Crippen molar-refractivity contribution in [2.24, 2.45) is 0 Å². The van der Waals surface area contributed by atoms with Crippen LogP contribution in [0.25, 0.3) is 11.0 Å². The molecule has 3 aromatic rings. The summed E-state index contributed by atoms with van der Waals surface area (Å²) in [6.45, 7) is 4.68. The molecular weight excluding hydrogens is 516 g/mol. The van der Waals surface area contributed by atoms with Crippen LogP contribution in [0.15, 0.2) is 6.07 Å². The van der Waals surface area contributed by atoms with Crippen LogP contribution >= 0.6 is 0 Å². The van der Waals surface area contributed by atoms with Gasteiger partial charge in [0.05, 0.1) is 42.7 Å². The number of hydrogen-bond acceptors (Lipinski definition) is 10. The molecule has 0 amide bonds. The molecule has 4 rings (SSSR count). The Morgan fingerprint density at radius 2 is 1.89 bits per heavy atom. The van der Waals surface area contributed by atoms with Crippen LogP contribution in [0.2, 0.25) is 0 Å². The number of benzene rings is 2. The molecule has 1 fully saturated rings. The zero-order valence-electron chi connectivity index (χ0n) is 20.3. The average Bonchev–Trinajstić information content (AvgIpc) is 3.32. The Balaban J connectivity index is 1.67. The van der Waals surface area contributed by atoms with E-state index < -0.39 is 68.8 Å². The fourth-order valence-corrected chi connectivity index (χ4v) is 3.98. The molecule has 5 N–H and O–H groups in total. The van der Waals surface area contributed by atoms with Crippen LogP contribution in [0.3, 0.4) is 0 Å². The molecule has 1 aliphatic heterocycles. The highest BCUT2D eigenvalue weighted by molar-refractivity contribution is 6.08. The maximum Gasteiger partial charge on any atom is 0.345 e. The number of rotatable bonds is 9. The first kappa shape index (κ1) is 27.1. The van der Waals surface area contributed by atoms with Gasteiger partial charge in [-0.25, -0.2) is 22.9 Å². The second-order valence-electron chi connectivity index (χ2n) is 8.28. The standard InChI is InChI=1S/C23H24F4N6O5/c1-10(34)13-19(32-36-2)17(28)15(26)16(27)21(13)38-22(35)11-9-12(24)14(25)20-18(11)30-23(31-20)29-3-4-33-5-7-37-8-6-33/h9,32H,3-8,28H2,1-2H3,(H2,29,30,31). The predicted molar refractivity (Wildman–Crippen MR) is 128 cm³/mol. The lowest BCUT2D eigenvalue weighted by Crippen LogP contribution is -2.39. The van der Waals surface area contributed by atoms with Gasteiger partial charge in [-0.3, -0.25) is 20.0 Å². The molecule has 1 saturated heterocycles. The van der Waals surface area contributed by atoms with Gasteiger partial charge >= 0.3 is 5.97 Å². The second-order valence-corrected chi connectivity index (χ2v) is 8.28. The van der Waals surface area contributed by atoms with E-state index in [0.29, 0.717) is 32.4 Å². The number of hydrogen-bond donors (Lipinski definition) is 4. The van der Waals surface area contributed by atoms with Gasteiger partial charge in [0.25, 0.3) is 0 Å². The zero-order chi connectivity index (χ0) is 27.6. The number of imidazole rings is 1. The van der Waals surface area contributed by atoms with Gasteiger partial charge in [0.1, 0.15) is 11.2 Å². The zero-order valence-corrected chi connectivity index (χ0v) is 20.3. The van der Waals surface area contributed by atoms with E-state index in [0.717, 1.165) is 27.1 Å². The molecule has 0 unspecified atom stereocenters. The van der Waals surface area contributed by atoms with E-state index in [1.807, 2.05) is 0 Å². The van der Waals surface area contributed by atoms with Crippen molar-refractivity contribution in [1.82, 2.24) is 14.9 Å². The summed E-state index contributed by atoms with van der Waals surface area (Å²) in [4.78, 5) is 38.7. The molecule has 1 aromatic heterocycles. The number of morpholine rings is 1. The van der Waals surface area contributed by atoms with Gasteiger partial charge in [0.2, 0.25) is 11.8 Å².